The number of imidazole rings is 1. The third kappa shape index (κ3) is 5.16. The van der Waals surface area contributed by atoms with Crippen molar-refractivity contribution >= 4 is 22.9 Å². The second-order valence-electron chi connectivity index (χ2n) is 9.18. The number of carbonyl (C=O) groups is 1. The molecule has 6 nitrogen and oxygen atoms in total. The van der Waals surface area contributed by atoms with Crippen molar-refractivity contribution in [3.05, 3.63) is 95.2 Å². The predicted molar refractivity (Wildman–Crippen MR) is 138 cm³/mol. The summed E-state index contributed by atoms with van der Waals surface area (Å²) in [5.41, 5.74) is 3.11. The van der Waals surface area contributed by atoms with E-state index >= 15 is 0 Å². The van der Waals surface area contributed by atoms with Gasteiger partial charge in [0.05, 0.1) is 11.3 Å². The smallest absolute Gasteiger partial charge is 0.368 e. The van der Waals surface area contributed by atoms with Gasteiger partial charge in [0, 0.05) is 50.3 Å². The third-order valence-corrected chi connectivity index (χ3v) is 6.82. The largest absolute Gasteiger partial charge is 0.416 e. The fourth-order valence-electron chi connectivity index (χ4n) is 4.74. The zero-order chi connectivity index (χ0) is 26.9. The molecule has 4 aromatic rings. The first kappa shape index (κ1) is 25.6. The molecule has 2 aromatic carbocycles. The molecule has 5 rings (SSSR count). The monoisotopic (exact) mass is 525 g/mol. The van der Waals surface area contributed by atoms with Crippen molar-refractivity contribution in [2.24, 2.45) is 0 Å². The minimum atomic E-state index is -4.34. The summed E-state index contributed by atoms with van der Waals surface area (Å²) in [4.78, 5) is 21.5. The first-order valence-electron chi connectivity index (χ1n) is 12.4. The van der Waals surface area contributed by atoms with E-state index in [1.165, 1.54) is 22.6 Å². The SMILES string of the molecule is CCc1nc2c(F)cccn2c1C(=O)NCc1ccc(N2CCN(c3ccc(C(F)(F)F)cc3)CC2)cc1. The summed E-state index contributed by atoms with van der Waals surface area (Å²) in [6.45, 7) is 5.06. The summed E-state index contributed by atoms with van der Waals surface area (Å²) in [6.07, 6.45) is -2.20. The standard InChI is InChI=1S/C28H27F4N5O/c1-2-24-25(37-13-3-4-23(29)26(37)34-24)27(38)33-18-19-5-9-21(10-6-19)35-14-16-36(17-15-35)22-11-7-20(8-12-22)28(30,31)32/h3-13H,2,14-18H2,1H3,(H,33,38). The Morgan fingerprint density at radius 3 is 2.05 bits per heavy atom. The van der Waals surface area contributed by atoms with E-state index in [0.717, 1.165) is 42.2 Å². The molecule has 0 saturated carbocycles. The number of halogens is 4. The molecular weight excluding hydrogens is 498 g/mol. The number of alkyl halides is 3. The number of nitrogens with zero attached hydrogens (tertiary/aromatic N) is 4. The minimum Gasteiger partial charge on any atom is -0.368 e. The van der Waals surface area contributed by atoms with Gasteiger partial charge in [0.2, 0.25) is 0 Å². The molecular formula is C28H27F4N5O. The number of aromatic nitrogens is 2. The van der Waals surface area contributed by atoms with Crippen LogP contribution < -0.4 is 15.1 Å². The van der Waals surface area contributed by atoms with Gasteiger partial charge >= 0.3 is 6.18 Å². The maximum Gasteiger partial charge on any atom is 0.416 e. The summed E-state index contributed by atoms with van der Waals surface area (Å²) < 4.78 is 54.1. The van der Waals surface area contributed by atoms with Gasteiger partial charge in [-0.05, 0) is 60.5 Å². The van der Waals surface area contributed by atoms with Gasteiger partial charge in [-0.3, -0.25) is 9.20 Å². The molecule has 198 valence electrons. The average molecular weight is 526 g/mol. The fourth-order valence-corrected chi connectivity index (χ4v) is 4.74. The Bertz CT molecular complexity index is 1420. The van der Waals surface area contributed by atoms with E-state index in [1.807, 2.05) is 31.2 Å². The van der Waals surface area contributed by atoms with Crippen LogP contribution in [-0.4, -0.2) is 41.5 Å². The molecule has 0 spiro atoms. The van der Waals surface area contributed by atoms with Crippen LogP contribution in [0.1, 0.15) is 34.2 Å². The Kier molecular flexibility index (Phi) is 6.96. The first-order valence-corrected chi connectivity index (χ1v) is 12.4. The molecule has 0 atom stereocenters. The number of hydrogen-bond donors (Lipinski definition) is 1. The van der Waals surface area contributed by atoms with Gasteiger partial charge in [-0.1, -0.05) is 19.1 Å². The van der Waals surface area contributed by atoms with Crippen LogP contribution in [0, 0.1) is 5.82 Å². The maximum absolute atomic E-state index is 14.1. The number of pyridine rings is 1. The zero-order valence-electron chi connectivity index (χ0n) is 20.8. The molecule has 2 aromatic heterocycles. The summed E-state index contributed by atoms with van der Waals surface area (Å²) in [5.74, 6) is -0.791. The number of carbonyl (C=O) groups excluding carboxylic acids is 1. The molecule has 0 unspecified atom stereocenters. The fraction of sp³-hybridized carbons (Fsp3) is 0.286. The van der Waals surface area contributed by atoms with E-state index in [2.05, 4.69) is 20.1 Å². The Hall–Kier alpha value is -4.08. The van der Waals surface area contributed by atoms with Gasteiger partial charge < -0.3 is 15.1 Å². The average Bonchev–Trinajstić information content (AvgIpc) is 3.32. The van der Waals surface area contributed by atoms with E-state index < -0.39 is 17.6 Å². The molecule has 0 aliphatic carbocycles. The number of amides is 1. The minimum absolute atomic E-state index is 0.136. The molecule has 0 bridgehead atoms. The van der Waals surface area contributed by atoms with Crippen LogP contribution in [-0.2, 0) is 19.1 Å². The van der Waals surface area contributed by atoms with Crippen molar-refractivity contribution in [1.82, 2.24) is 14.7 Å². The summed E-state index contributed by atoms with van der Waals surface area (Å²) in [7, 11) is 0. The lowest BCUT2D eigenvalue weighted by Crippen LogP contribution is -2.46. The molecule has 1 amide bonds. The highest BCUT2D eigenvalue weighted by molar-refractivity contribution is 5.94. The predicted octanol–water partition coefficient (Wildman–Crippen LogP) is 5.31. The van der Waals surface area contributed by atoms with Crippen LogP contribution in [0.4, 0.5) is 28.9 Å². The molecule has 1 N–H and O–H groups in total. The van der Waals surface area contributed by atoms with E-state index in [1.54, 1.807) is 12.3 Å². The highest BCUT2D eigenvalue weighted by Gasteiger charge is 2.30. The number of aryl methyl sites for hydroxylation is 1. The first-order chi connectivity index (χ1) is 18.2. The summed E-state index contributed by atoms with van der Waals surface area (Å²) in [5, 5.41) is 2.91. The van der Waals surface area contributed by atoms with Crippen molar-refractivity contribution in [3.63, 3.8) is 0 Å². The van der Waals surface area contributed by atoms with Crippen LogP contribution in [0.25, 0.3) is 5.65 Å². The number of hydrogen-bond acceptors (Lipinski definition) is 4. The highest BCUT2D eigenvalue weighted by Crippen LogP contribution is 2.31. The van der Waals surface area contributed by atoms with Gasteiger partial charge in [0.25, 0.3) is 5.91 Å². The Morgan fingerprint density at radius 1 is 0.921 bits per heavy atom. The number of benzene rings is 2. The molecule has 1 aliphatic rings. The van der Waals surface area contributed by atoms with Crippen LogP contribution in [0.5, 0.6) is 0 Å². The van der Waals surface area contributed by atoms with Crippen LogP contribution in [0.15, 0.2) is 66.9 Å². The molecule has 1 fully saturated rings. The van der Waals surface area contributed by atoms with Crippen molar-refractivity contribution in [1.29, 1.82) is 0 Å². The van der Waals surface area contributed by atoms with Crippen LogP contribution in [0.2, 0.25) is 0 Å². The summed E-state index contributed by atoms with van der Waals surface area (Å²) in [6, 6.07) is 16.0. The normalized spacial score (nSPS) is 14.2. The van der Waals surface area contributed by atoms with E-state index in [4.69, 9.17) is 0 Å². The number of rotatable bonds is 6. The van der Waals surface area contributed by atoms with Gasteiger partial charge in [-0.2, -0.15) is 13.2 Å². The Labute approximate surface area is 217 Å². The quantitative estimate of drug-likeness (QED) is 0.347. The van der Waals surface area contributed by atoms with E-state index in [9.17, 15) is 22.4 Å². The van der Waals surface area contributed by atoms with Crippen molar-refractivity contribution in [2.75, 3.05) is 36.0 Å². The molecule has 1 aliphatic heterocycles. The lowest BCUT2D eigenvalue weighted by molar-refractivity contribution is -0.137. The van der Waals surface area contributed by atoms with Crippen molar-refractivity contribution in [3.8, 4) is 0 Å². The highest BCUT2D eigenvalue weighted by atomic mass is 19.4. The third-order valence-electron chi connectivity index (χ3n) is 6.82. The number of nitrogens with one attached hydrogen (secondary N) is 1. The van der Waals surface area contributed by atoms with Crippen molar-refractivity contribution < 1.29 is 22.4 Å². The zero-order valence-corrected chi connectivity index (χ0v) is 20.8. The van der Waals surface area contributed by atoms with Gasteiger partial charge in [0.15, 0.2) is 11.5 Å². The topological polar surface area (TPSA) is 52.9 Å². The van der Waals surface area contributed by atoms with Crippen LogP contribution >= 0.6 is 0 Å². The lowest BCUT2D eigenvalue weighted by atomic mass is 10.1. The van der Waals surface area contributed by atoms with Gasteiger partial charge in [-0.25, -0.2) is 9.37 Å². The van der Waals surface area contributed by atoms with Gasteiger partial charge in [0.1, 0.15) is 5.69 Å². The van der Waals surface area contributed by atoms with Crippen molar-refractivity contribution in [2.45, 2.75) is 26.1 Å². The second-order valence-corrected chi connectivity index (χ2v) is 9.18. The number of anilines is 2. The molecule has 10 heteroatoms. The van der Waals surface area contributed by atoms with Crippen LogP contribution in [0.3, 0.4) is 0 Å². The second kappa shape index (κ2) is 10.4. The summed E-state index contributed by atoms with van der Waals surface area (Å²) >= 11 is 0. The molecule has 1 saturated heterocycles. The maximum atomic E-state index is 14.1. The van der Waals surface area contributed by atoms with E-state index in [0.29, 0.717) is 37.4 Å². The number of fused-ring (bicyclic) bond motifs is 1. The van der Waals surface area contributed by atoms with E-state index in [-0.39, 0.29) is 11.6 Å². The number of piperazine rings is 1. The Balaban J connectivity index is 1.18. The lowest BCUT2D eigenvalue weighted by Gasteiger charge is -2.37. The molecule has 38 heavy (non-hydrogen) atoms. The molecule has 3 heterocycles. The Morgan fingerprint density at radius 2 is 1.50 bits per heavy atom. The van der Waals surface area contributed by atoms with Gasteiger partial charge in [-0.15, -0.1) is 0 Å². The molecule has 0 radical (unpaired) electrons.